The molecule has 24 heavy (non-hydrogen) atoms. The Morgan fingerprint density at radius 1 is 1.04 bits per heavy atom. The van der Waals surface area contributed by atoms with Gasteiger partial charge in [-0.2, -0.15) is 0 Å². The predicted molar refractivity (Wildman–Crippen MR) is 91.7 cm³/mol. The average Bonchev–Trinajstić information content (AvgIpc) is 2.55. The molecule has 0 aromatic rings. The lowest BCUT2D eigenvalue weighted by atomic mass is 10.0. The van der Waals surface area contributed by atoms with Gasteiger partial charge in [0.2, 0.25) is 0 Å². The van der Waals surface area contributed by atoms with Crippen molar-refractivity contribution in [1.29, 1.82) is 0 Å². The molecule has 0 radical (unpaired) electrons. The van der Waals surface area contributed by atoms with Crippen molar-refractivity contribution in [1.82, 2.24) is 9.80 Å². The number of carboxylic acid groups (broad SMARTS) is 2. The Kier molecular flexibility index (Phi) is 6.34. The highest BCUT2D eigenvalue weighted by Crippen LogP contribution is 2.34. The smallest absolute Gasteiger partial charge is 0.305 e. The van der Waals surface area contributed by atoms with Gasteiger partial charge in [-0.1, -0.05) is 35.4 Å². The molecule has 2 aliphatic heterocycles. The normalized spacial score (nSPS) is 17.8. The second-order valence-corrected chi connectivity index (χ2v) is 6.16. The van der Waals surface area contributed by atoms with Crippen molar-refractivity contribution in [2.45, 2.75) is 12.8 Å². The van der Waals surface area contributed by atoms with Gasteiger partial charge in [0.1, 0.15) is 5.16 Å². The molecule has 2 aliphatic rings. The van der Waals surface area contributed by atoms with E-state index in [1.165, 1.54) is 0 Å². The zero-order chi connectivity index (χ0) is 17.7. The predicted octanol–water partition coefficient (Wildman–Crippen LogP) is 2.58. The summed E-state index contributed by atoms with van der Waals surface area (Å²) in [6, 6.07) is 0. The molecule has 0 saturated carbocycles. The number of aliphatic carboxylic acids is 2. The van der Waals surface area contributed by atoms with E-state index in [9.17, 15) is 9.59 Å². The molecule has 6 nitrogen and oxygen atoms in total. The van der Waals surface area contributed by atoms with Gasteiger partial charge < -0.3 is 20.0 Å². The summed E-state index contributed by atoms with van der Waals surface area (Å²) in [4.78, 5) is 24.9. The molecule has 8 heteroatoms. The van der Waals surface area contributed by atoms with Crippen LogP contribution in [0.25, 0.3) is 0 Å². The number of hydrogen-bond donors (Lipinski definition) is 2. The summed E-state index contributed by atoms with van der Waals surface area (Å²) in [5.41, 5.74) is 1.73. The van der Waals surface area contributed by atoms with Gasteiger partial charge in [-0.3, -0.25) is 9.59 Å². The minimum absolute atomic E-state index is 0.00923. The fourth-order valence-corrected chi connectivity index (χ4v) is 2.98. The first-order valence-corrected chi connectivity index (χ1v) is 8.21. The Morgan fingerprint density at radius 3 is 2.29 bits per heavy atom. The molecule has 2 N–H and O–H groups in total. The van der Waals surface area contributed by atoms with E-state index in [1.54, 1.807) is 4.90 Å². The zero-order valence-corrected chi connectivity index (χ0v) is 14.4. The number of carbonyl (C=O) groups is 2. The molecule has 0 spiro atoms. The van der Waals surface area contributed by atoms with Crippen molar-refractivity contribution in [3.8, 4) is 0 Å². The number of nitrogens with zero attached hydrogens (tertiary/aromatic N) is 2. The largest absolute Gasteiger partial charge is 0.481 e. The first kappa shape index (κ1) is 18.4. The van der Waals surface area contributed by atoms with Crippen molar-refractivity contribution in [2.75, 3.05) is 26.2 Å². The maximum absolute atomic E-state index is 10.7. The fourth-order valence-electron chi connectivity index (χ4n) is 2.42. The molecular weight excluding hydrogens is 355 g/mol. The average molecular weight is 373 g/mol. The Bertz CT molecular complexity index is 652. The summed E-state index contributed by atoms with van der Waals surface area (Å²) in [5, 5.41) is 18.2. The number of allylic oxidation sites excluding steroid dienone is 4. The molecule has 0 fully saturated rings. The summed E-state index contributed by atoms with van der Waals surface area (Å²) in [7, 11) is 0. The molecule has 0 amide bonds. The van der Waals surface area contributed by atoms with Gasteiger partial charge in [0.15, 0.2) is 0 Å². The first-order valence-electron chi connectivity index (χ1n) is 7.45. The van der Waals surface area contributed by atoms with E-state index in [0.29, 0.717) is 36.4 Å². The SMILES string of the molecule is O=C(O)CCN1C=CC(C2=CCN(CCC(=O)O)C(Cl)=C2Cl)=CC1. The van der Waals surface area contributed by atoms with E-state index < -0.39 is 11.9 Å². The third-order valence-corrected chi connectivity index (χ3v) is 4.65. The third-order valence-electron chi connectivity index (χ3n) is 3.74. The molecule has 2 heterocycles. The van der Waals surface area contributed by atoms with E-state index >= 15 is 0 Å². The van der Waals surface area contributed by atoms with Crippen LogP contribution in [-0.2, 0) is 9.59 Å². The van der Waals surface area contributed by atoms with Crippen LogP contribution in [0.1, 0.15) is 12.8 Å². The van der Waals surface area contributed by atoms with Crippen molar-refractivity contribution in [2.24, 2.45) is 0 Å². The van der Waals surface area contributed by atoms with Gasteiger partial charge >= 0.3 is 11.9 Å². The number of halogens is 2. The van der Waals surface area contributed by atoms with Crippen LogP contribution in [0.2, 0.25) is 0 Å². The van der Waals surface area contributed by atoms with Crippen molar-refractivity contribution in [3.63, 3.8) is 0 Å². The molecule has 130 valence electrons. The maximum atomic E-state index is 10.7. The van der Waals surface area contributed by atoms with Gasteiger partial charge in [-0.05, 0) is 17.8 Å². The van der Waals surface area contributed by atoms with E-state index in [2.05, 4.69) is 0 Å². The minimum Gasteiger partial charge on any atom is -0.481 e. The lowest BCUT2D eigenvalue weighted by molar-refractivity contribution is -0.138. The van der Waals surface area contributed by atoms with E-state index in [-0.39, 0.29) is 12.8 Å². The highest BCUT2D eigenvalue weighted by molar-refractivity contribution is 6.41. The molecule has 0 saturated heterocycles. The van der Waals surface area contributed by atoms with Gasteiger partial charge in [0.25, 0.3) is 0 Å². The Balaban J connectivity index is 2.00. The lowest BCUT2D eigenvalue weighted by Gasteiger charge is -2.29. The van der Waals surface area contributed by atoms with Crippen LogP contribution in [0, 0.1) is 0 Å². The standard InChI is InChI=1S/C16H18Cl2N2O4/c17-15-12(3-9-20(16(15)18)10-5-14(23)24)11-1-6-19(7-2-11)8-4-13(21)22/h1-3,6H,4-5,7-10H2,(H,21,22)(H,23,24). The second kappa shape index (κ2) is 8.26. The molecule has 0 unspecified atom stereocenters. The summed E-state index contributed by atoms with van der Waals surface area (Å²) < 4.78 is 0. The van der Waals surface area contributed by atoms with Crippen LogP contribution in [0.5, 0.6) is 0 Å². The third kappa shape index (κ3) is 4.79. The highest BCUT2D eigenvalue weighted by atomic mass is 35.5. The maximum Gasteiger partial charge on any atom is 0.305 e. The fraction of sp³-hybridized carbons (Fsp3) is 0.375. The quantitative estimate of drug-likeness (QED) is 0.668. The first-order chi connectivity index (χ1) is 11.4. The lowest BCUT2D eigenvalue weighted by Crippen LogP contribution is -2.28. The van der Waals surface area contributed by atoms with E-state index in [4.69, 9.17) is 33.4 Å². The topological polar surface area (TPSA) is 81.1 Å². The van der Waals surface area contributed by atoms with Crippen molar-refractivity contribution < 1.29 is 19.8 Å². The van der Waals surface area contributed by atoms with Crippen molar-refractivity contribution >= 4 is 35.1 Å². The number of carboxylic acids is 2. The summed E-state index contributed by atoms with van der Waals surface area (Å²) in [6.45, 7) is 1.83. The van der Waals surface area contributed by atoms with E-state index in [1.807, 2.05) is 29.3 Å². The van der Waals surface area contributed by atoms with Gasteiger partial charge in [0, 0.05) is 31.8 Å². The number of hydrogen-bond acceptors (Lipinski definition) is 4. The van der Waals surface area contributed by atoms with Crippen LogP contribution in [0.4, 0.5) is 0 Å². The van der Waals surface area contributed by atoms with Crippen LogP contribution in [0.3, 0.4) is 0 Å². The van der Waals surface area contributed by atoms with Crippen LogP contribution in [-0.4, -0.2) is 58.1 Å². The summed E-state index contributed by atoms with van der Waals surface area (Å²) >= 11 is 12.6. The Labute approximate surface area is 149 Å². The Hall–Kier alpha value is -1.92. The van der Waals surface area contributed by atoms with Gasteiger partial charge in [0.05, 0.1) is 17.9 Å². The van der Waals surface area contributed by atoms with Crippen LogP contribution >= 0.6 is 23.2 Å². The van der Waals surface area contributed by atoms with Crippen molar-refractivity contribution in [3.05, 3.63) is 45.8 Å². The van der Waals surface area contributed by atoms with E-state index in [0.717, 1.165) is 11.1 Å². The second-order valence-electron chi connectivity index (χ2n) is 5.43. The summed E-state index contributed by atoms with van der Waals surface area (Å²) in [6.07, 6.45) is 7.67. The molecule has 0 aliphatic carbocycles. The number of rotatable bonds is 7. The van der Waals surface area contributed by atoms with Crippen LogP contribution in [0.15, 0.2) is 45.8 Å². The highest BCUT2D eigenvalue weighted by Gasteiger charge is 2.22. The Morgan fingerprint density at radius 2 is 1.71 bits per heavy atom. The minimum atomic E-state index is -0.884. The summed E-state index contributed by atoms with van der Waals surface area (Å²) in [5.74, 6) is -1.71. The molecule has 0 atom stereocenters. The van der Waals surface area contributed by atoms with Gasteiger partial charge in [-0.15, -0.1) is 0 Å². The molecular formula is C16H18Cl2N2O4. The molecule has 0 aromatic heterocycles. The molecule has 0 bridgehead atoms. The van der Waals surface area contributed by atoms with Crippen LogP contribution < -0.4 is 0 Å². The molecule has 0 aromatic carbocycles. The van der Waals surface area contributed by atoms with Gasteiger partial charge in [-0.25, -0.2) is 0 Å². The monoisotopic (exact) mass is 372 g/mol. The molecule has 2 rings (SSSR count). The zero-order valence-electron chi connectivity index (χ0n) is 12.9.